The molecule has 2 aliphatic rings. The van der Waals surface area contributed by atoms with Gasteiger partial charge in [-0.3, -0.25) is 9.97 Å². The molecule has 2 aromatic heterocycles. The first-order valence-corrected chi connectivity index (χ1v) is 9.75. The van der Waals surface area contributed by atoms with Crippen LogP contribution < -0.4 is 0 Å². The van der Waals surface area contributed by atoms with Crippen LogP contribution in [-0.4, -0.2) is 43.6 Å². The van der Waals surface area contributed by atoms with Gasteiger partial charge in [-0.2, -0.15) is 0 Å². The van der Waals surface area contributed by atoms with E-state index in [0.29, 0.717) is 0 Å². The number of likely N-dealkylation sites (tertiary alicyclic amines) is 1. The Labute approximate surface area is 150 Å². The molecule has 5 heteroatoms. The molecule has 0 N–H and O–H groups in total. The van der Waals surface area contributed by atoms with Gasteiger partial charge < -0.3 is 9.47 Å². The lowest BCUT2D eigenvalue weighted by molar-refractivity contribution is 0.134. The van der Waals surface area contributed by atoms with E-state index < -0.39 is 0 Å². The first kappa shape index (κ1) is 16.7. The van der Waals surface area contributed by atoms with E-state index in [0.717, 1.165) is 41.3 Å². The summed E-state index contributed by atoms with van der Waals surface area (Å²) in [5, 5.41) is 0. The van der Waals surface area contributed by atoms with Gasteiger partial charge in [0.15, 0.2) is 0 Å². The van der Waals surface area contributed by atoms with Crippen LogP contribution in [0.3, 0.4) is 0 Å². The number of hydrogen-bond donors (Lipinski definition) is 0. The van der Waals surface area contributed by atoms with Crippen LogP contribution in [0.1, 0.15) is 50.0 Å². The summed E-state index contributed by atoms with van der Waals surface area (Å²) in [4.78, 5) is 16.5. The highest BCUT2D eigenvalue weighted by Crippen LogP contribution is 2.30. The summed E-state index contributed by atoms with van der Waals surface area (Å²) in [5.41, 5.74) is 3.21. The van der Waals surface area contributed by atoms with E-state index in [-0.39, 0.29) is 0 Å². The van der Waals surface area contributed by atoms with Crippen LogP contribution in [0.5, 0.6) is 0 Å². The predicted molar refractivity (Wildman–Crippen MR) is 99.2 cm³/mol. The minimum Gasteiger partial charge on any atom is -0.330 e. The highest BCUT2D eigenvalue weighted by Gasteiger charge is 2.28. The molecular weight excluding hydrogens is 310 g/mol. The molecule has 25 heavy (non-hydrogen) atoms. The molecule has 1 aliphatic carbocycles. The quantitative estimate of drug-likeness (QED) is 0.857. The Balaban J connectivity index is 1.44. The molecule has 0 bridgehead atoms. The fourth-order valence-corrected chi connectivity index (χ4v) is 4.52. The molecule has 0 unspecified atom stereocenters. The molecule has 3 heterocycles. The van der Waals surface area contributed by atoms with Crippen LogP contribution in [0.15, 0.2) is 18.6 Å². The van der Waals surface area contributed by atoms with Crippen molar-refractivity contribution < 1.29 is 0 Å². The summed E-state index contributed by atoms with van der Waals surface area (Å²) in [5.74, 6) is 1.74. The van der Waals surface area contributed by atoms with Gasteiger partial charge in [0, 0.05) is 25.5 Å². The van der Waals surface area contributed by atoms with Gasteiger partial charge in [0.25, 0.3) is 0 Å². The summed E-state index contributed by atoms with van der Waals surface area (Å²) in [6.45, 7) is 4.55. The zero-order chi connectivity index (χ0) is 17.2. The highest BCUT2D eigenvalue weighted by molar-refractivity contribution is 5.57. The summed E-state index contributed by atoms with van der Waals surface area (Å²) in [6, 6.07) is 0.866. The number of aromatic nitrogens is 4. The lowest BCUT2D eigenvalue weighted by atomic mass is 9.90. The lowest BCUT2D eigenvalue weighted by Crippen LogP contribution is -2.40. The molecule has 5 nitrogen and oxygen atoms in total. The summed E-state index contributed by atoms with van der Waals surface area (Å²) < 4.78 is 2.11. The molecule has 2 fully saturated rings. The molecule has 134 valence electrons. The van der Waals surface area contributed by atoms with Crippen molar-refractivity contribution in [2.45, 2.75) is 57.9 Å². The van der Waals surface area contributed by atoms with Crippen molar-refractivity contribution in [1.82, 2.24) is 24.4 Å². The number of imidazole rings is 1. The normalized spacial score (nSPS) is 20.4. The Morgan fingerprint density at radius 1 is 1.00 bits per heavy atom. The van der Waals surface area contributed by atoms with E-state index in [9.17, 15) is 0 Å². The number of hydrogen-bond acceptors (Lipinski definition) is 4. The fourth-order valence-electron chi connectivity index (χ4n) is 4.52. The van der Waals surface area contributed by atoms with Crippen LogP contribution >= 0.6 is 0 Å². The predicted octanol–water partition coefficient (Wildman–Crippen LogP) is 3.38. The SMILES string of the molecule is Cc1ncc(-c2nccnc2CC2CCN(C3CCCC3)CC2)n1C. The van der Waals surface area contributed by atoms with Crippen LogP contribution in [0.25, 0.3) is 11.4 Å². The molecule has 0 atom stereocenters. The van der Waals surface area contributed by atoms with Crippen LogP contribution in [-0.2, 0) is 13.5 Å². The molecular formula is C20H29N5. The van der Waals surface area contributed by atoms with E-state index in [1.165, 1.54) is 51.6 Å². The van der Waals surface area contributed by atoms with Crippen molar-refractivity contribution >= 4 is 0 Å². The molecule has 1 saturated heterocycles. The van der Waals surface area contributed by atoms with Gasteiger partial charge in [-0.15, -0.1) is 0 Å². The second-order valence-corrected chi connectivity index (χ2v) is 7.72. The van der Waals surface area contributed by atoms with Gasteiger partial charge in [-0.1, -0.05) is 12.8 Å². The second-order valence-electron chi connectivity index (χ2n) is 7.72. The Hall–Kier alpha value is -1.75. The first-order valence-electron chi connectivity index (χ1n) is 9.75. The van der Waals surface area contributed by atoms with Crippen molar-refractivity contribution in [1.29, 1.82) is 0 Å². The third kappa shape index (κ3) is 3.47. The van der Waals surface area contributed by atoms with E-state index in [1.807, 2.05) is 19.3 Å². The van der Waals surface area contributed by atoms with Crippen LogP contribution in [0, 0.1) is 12.8 Å². The van der Waals surface area contributed by atoms with Crippen molar-refractivity contribution in [2.75, 3.05) is 13.1 Å². The Morgan fingerprint density at radius 3 is 2.40 bits per heavy atom. The molecule has 1 aliphatic heterocycles. The average molecular weight is 339 g/mol. The summed E-state index contributed by atoms with van der Waals surface area (Å²) >= 11 is 0. The summed E-state index contributed by atoms with van der Waals surface area (Å²) in [6.07, 6.45) is 14.8. The maximum atomic E-state index is 4.68. The van der Waals surface area contributed by atoms with E-state index >= 15 is 0 Å². The van der Waals surface area contributed by atoms with E-state index in [2.05, 4.69) is 31.5 Å². The van der Waals surface area contributed by atoms with Crippen molar-refractivity contribution in [2.24, 2.45) is 13.0 Å². The van der Waals surface area contributed by atoms with E-state index in [4.69, 9.17) is 0 Å². The molecule has 0 spiro atoms. The smallest absolute Gasteiger partial charge is 0.110 e. The lowest BCUT2D eigenvalue weighted by Gasteiger charge is -2.36. The third-order valence-electron chi connectivity index (χ3n) is 6.21. The van der Waals surface area contributed by atoms with Gasteiger partial charge in [-0.25, -0.2) is 4.98 Å². The van der Waals surface area contributed by atoms with Crippen molar-refractivity contribution in [3.63, 3.8) is 0 Å². The highest BCUT2D eigenvalue weighted by atomic mass is 15.2. The topological polar surface area (TPSA) is 46.8 Å². The molecule has 1 saturated carbocycles. The van der Waals surface area contributed by atoms with Gasteiger partial charge in [0.05, 0.1) is 17.6 Å². The first-order chi connectivity index (χ1) is 12.2. The third-order valence-corrected chi connectivity index (χ3v) is 6.21. The fraction of sp³-hybridized carbons (Fsp3) is 0.650. The van der Waals surface area contributed by atoms with Gasteiger partial charge in [-0.05, 0) is 58.0 Å². The van der Waals surface area contributed by atoms with Gasteiger partial charge in [0.2, 0.25) is 0 Å². The maximum Gasteiger partial charge on any atom is 0.110 e. The Bertz CT molecular complexity index is 709. The molecule has 0 amide bonds. The molecule has 0 aromatic carbocycles. The average Bonchev–Trinajstić information content (AvgIpc) is 3.28. The van der Waals surface area contributed by atoms with Gasteiger partial charge in [0.1, 0.15) is 11.5 Å². The largest absolute Gasteiger partial charge is 0.330 e. The van der Waals surface area contributed by atoms with E-state index in [1.54, 1.807) is 6.20 Å². The standard InChI is InChI=1S/C20H29N5/c1-15-23-14-19(24(15)2)20-18(21-9-10-22-20)13-16-7-11-25(12-8-16)17-5-3-4-6-17/h9-10,14,16-17H,3-8,11-13H2,1-2H3. The number of piperidine rings is 1. The van der Waals surface area contributed by atoms with Crippen LogP contribution in [0.4, 0.5) is 0 Å². The zero-order valence-electron chi connectivity index (χ0n) is 15.5. The number of nitrogens with zero attached hydrogens (tertiary/aromatic N) is 5. The monoisotopic (exact) mass is 339 g/mol. The van der Waals surface area contributed by atoms with Crippen molar-refractivity contribution in [3.05, 3.63) is 30.1 Å². The Morgan fingerprint density at radius 2 is 1.72 bits per heavy atom. The molecule has 0 radical (unpaired) electrons. The number of aryl methyl sites for hydroxylation is 1. The molecule has 4 rings (SSSR count). The summed E-state index contributed by atoms with van der Waals surface area (Å²) in [7, 11) is 2.05. The Kier molecular flexibility index (Phi) is 4.84. The van der Waals surface area contributed by atoms with Crippen molar-refractivity contribution in [3.8, 4) is 11.4 Å². The van der Waals surface area contributed by atoms with Gasteiger partial charge >= 0.3 is 0 Å². The number of rotatable bonds is 4. The van der Waals surface area contributed by atoms with Crippen LogP contribution in [0.2, 0.25) is 0 Å². The maximum absolute atomic E-state index is 4.68. The second kappa shape index (κ2) is 7.24. The minimum atomic E-state index is 0.724. The molecule has 2 aromatic rings. The zero-order valence-corrected chi connectivity index (χ0v) is 15.5. The minimum absolute atomic E-state index is 0.724.